The molecule has 0 saturated carbocycles. The number of nitrogens with zero attached hydrogens (tertiary/aromatic N) is 3. The second-order valence-electron chi connectivity index (χ2n) is 6.88. The summed E-state index contributed by atoms with van der Waals surface area (Å²) in [4.78, 5) is 8.87. The zero-order valence-corrected chi connectivity index (χ0v) is 15.0. The van der Waals surface area contributed by atoms with E-state index < -0.39 is 14.6 Å². The van der Waals surface area contributed by atoms with Crippen molar-refractivity contribution in [1.82, 2.24) is 15.1 Å². The number of guanidine groups is 1. The Morgan fingerprint density at radius 2 is 1.86 bits per heavy atom. The van der Waals surface area contributed by atoms with E-state index in [1.807, 2.05) is 0 Å². The van der Waals surface area contributed by atoms with Crippen LogP contribution in [0, 0.1) is 0 Å². The van der Waals surface area contributed by atoms with E-state index in [0.29, 0.717) is 13.1 Å². The van der Waals surface area contributed by atoms with Crippen molar-refractivity contribution in [1.29, 1.82) is 0 Å². The Balaban J connectivity index is 1.84. The van der Waals surface area contributed by atoms with Crippen LogP contribution in [0.1, 0.15) is 33.1 Å². The number of rotatable bonds is 3. The van der Waals surface area contributed by atoms with Crippen molar-refractivity contribution < 1.29 is 8.42 Å². The van der Waals surface area contributed by atoms with Crippen LogP contribution < -0.4 is 5.32 Å². The molecular weight excluding hydrogens is 300 g/mol. The third-order valence-corrected chi connectivity index (χ3v) is 7.25. The van der Waals surface area contributed by atoms with Crippen LogP contribution in [0.3, 0.4) is 0 Å². The summed E-state index contributed by atoms with van der Waals surface area (Å²) in [6.07, 6.45) is 3.95. The Hall–Kier alpha value is -0.820. The molecule has 2 aliphatic rings. The van der Waals surface area contributed by atoms with Crippen molar-refractivity contribution in [3.63, 3.8) is 0 Å². The molecule has 2 aliphatic heterocycles. The van der Waals surface area contributed by atoms with E-state index in [1.54, 1.807) is 20.9 Å². The van der Waals surface area contributed by atoms with Gasteiger partial charge in [-0.3, -0.25) is 4.99 Å². The normalized spacial score (nSPS) is 26.0. The van der Waals surface area contributed by atoms with Crippen LogP contribution in [0.2, 0.25) is 0 Å². The van der Waals surface area contributed by atoms with Gasteiger partial charge in [-0.15, -0.1) is 0 Å². The Kier molecular flexibility index (Phi) is 5.71. The zero-order chi connectivity index (χ0) is 16.2. The third kappa shape index (κ3) is 4.13. The summed E-state index contributed by atoms with van der Waals surface area (Å²) < 4.78 is 23.5. The van der Waals surface area contributed by atoms with Crippen molar-refractivity contribution in [2.24, 2.45) is 4.99 Å². The molecule has 0 aromatic carbocycles. The maximum absolute atomic E-state index is 12.1. The molecule has 0 radical (unpaired) electrons. The molecule has 7 heteroatoms. The molecule has 2 fully saturated rings. The predicted octanol–water partition coefficient (Wildman–Crippen LogP) is 0.557. The summed E-state index contributed by atoms with van der Waals surface area (Å²) in [7, 11) is -1.24. The lowest BCUT2D eigenvalue weighted by Crippen LogP contribution is -2.57. The first-order valence-corrected chi connectivity index (χ1v) is 9.91. The van der Waals surface area contributed by atoms with Gasteiger partial charge in [-0.2, -0.15) is 0 Å². The third-order valence-electron chi connectivity index (χ3n) is 4.71. The minimum absolute atomic E-state index is 0.201. The van der Waals surface area contributed by atoms with Crippen molar-refractivity contribution in [3.05, 3.63) is 0 Å². The van der Waals surface area contributed by atoms with Crippen LogP contribution in [0.15, 0.2) is 4.99 Å². The molecule has 2 saturated heterocycles. The predicted molar refractivity (Wildman–Crippen MR) is 91.1 cm³/mol. The van der Waals surface area contributed by atoms with Gasteiger partial charge in [-0.25, -0.2) is 8.42 Å². The van der Waals surface area contributed by atoms with Crippen molar-refractivity contribution >= 4 is 15.8 Å². The highest BCUT2D eigenvalue weighted by Gasteiger charge is 2.40. The standard InChI is InChI=1S/C15H30N4O2S/c1-15(2)13-19(11-12-22(15,20)21)14(16-3)17-7-10-18-8-5-4-6-9-18/h4-13H2,1-3H3,(H,16,17). The molecule has 0 spiro atoms. The van der Waals surface area contributed by atoms with Gasteiger partial charge in [0.1, 0.15) is 0 Å². The highest BCUT2D eigenvalue weighted by atomic mass is 32.2. The van der Waals surface area contributed by atoms with Gasteiger partial charge in [0, 0.05) is 33.2 Å². The van der Waals surface area contributed by atoms with Gasteiger partial charge >= 0.3 is 0 Å². The highest BCUT2D eigenvalue weighted by molar-refractivity contribution is 7.92. The molecule has 0 bridgehead atoms. The molecule has 0 aromatic rings. The maximum atomic E-state index is 12.1. The Morgan fingerprint density at radius 3 is 2.45 bits per heavy atom. The topological polar surface area (TPSA) is 65.0 Å². The Morgan fingerprint density at radius 1 is 1.18 bits per heavy atom. The van der Waals surface area contributed by atoms with Gasteiger partial charge in [0.05, 0.1) is 10.5 Å². The molecule has 0 amide bonds. The highest BCUT2D eigenvalue weighted by Crippen LogP contribution is 2.23. The second-order valence-corrected chi connectivity index (χ2v) is 9.62. The number of sulfone groups is 1. The summed E-state index contributed by atoms with van der Waals surface area (Å²) in [6.45, 7) is 8.88. The van der Waals surface area contributed by atoms with E-state index in [2.05, 4.69) is 20.1 Å². The first-order chi connectivity index (χ1) is 10.4. The summed E-state index contributed by atoms with van der Waals surface area (Å²) in [5.41, 5.74) is 0. The fourth-order valence-electron chi connectivity index (χ4n) is 3.17. The monoisotopic (exact) mass is 330 g/mol. The fraction of sp³-hybridized carbons (Fsp3) is 0.933. The molecular formula is C15H30N4O2S. The van der Waals surface area contributed by atoms with Gasteiger partial charge in [0.15, 0.2) is 15.8 Å². The van der Waals surface area contributed by atoms with Gasteiger partial charge in [0.25, 0.3) is 0 Å². The second kappa shape index (κ2) is 7.17. The van der Waals surface area contributed by atoms with Gasteiger partial charge in [-0.05, 0) is 39.8 Å². The molecule has 1 N–H and O–H groups in total. The summed E-state index contributed by atoms with van der Waals surface area (Å²) >= 11 is 0. The van der Waals surface area contributed by atoms with Crippen LogP contribution in [-0.4, -0.2) is 81.0 Å². The van der Waals surface area contributed by atoms with Crippen LogP contribution in [0.25, 0.3) is 0 Å². The van der Waals surface area contributed by atoms with Crippen LogP contribution >= 0.6 is 0 Å². The summed E-state index contributed by atoms with van der Waals surface area (Å²) in [5, 5.41) is 3.39. The van der Waals surface area contributed by atoms with Gasteiger partial charge in [-0.1, -0.05) is 6.42 Å². The average Bonchev–Trinajstić information content (AvgIpc) is 2.48. The van der Waals surface area contributed by atoms with Crippen LogP contribution in [-0.2, 0) is 9.84 Å². The molecule has 128 valence electrons. The van der Waals surface area contributed by atoms with E-state index in [9.17, 15) is 8.42 Å². The first kappa shape index (κ1) is 17.5. The number of aliphatic imine (C=N–C) groups is 1. The van der Waals surface area contributed by atoms with E-state index in [4.69, 9.17) is 0 Å². The van der Waals surface area contributed by atoms with Crippen LogP contribution in [0.4, 0.5) is 0 Å². The minimum Gasteiger partial charge on any atom is -0.355 e. The SMILES string of the molecule is CN=C(NCCN1CCCCC1)N1CCS(=O)(=O)C(C)(C)C1. The fourth-order valence-corrected chi connectivity index (χ4v) is 4.53. The largest absolute Gasteiger partial charge is 0.355 e. The number of nitrogens with one attached hydrogen (secondary N) is 1. The Bertz CT molecular complexity index is 496. The minimum atomic E-state index is -3.01. The molecule has 0 aromatic heterocycles. The van der Waals surface area contributed by atoms with E-state index in [-0.39, 0.29) is 5.75 Å². The molecule has 2 heterocycles. The lowest BCUT2D eigenvalue weighted by Gasteiger charge is -2.39. The Labute approximate surface area is 134 Å². The molecule has 0 unspecified atom stereocenters. The lowest BCUT2D eigenvalue weighted by atomic mass is 10.1. The van der Waals surface area contributed by atoms with E-state index in [1.165, 1.54) is 32.4 Å². The average molecular weight is 330 g/mol. The number of likely N-dealkylation sites (tertiary alicyclic amines) is 1. The molecule has 0 atom stereocenters. The van der Waals surface area contributed by atoms with E-state index >= 15 is 0 Å². The summed E-state index contributed by atoms with van der Waals surface area (Å²) in [6, 6.07) is 0. The number of piperidine rings is 1. The smallest absolute Gasteiger partial charge is 0.193 e. The maximum Gasteiger partial charge on any atom is 0.193 e. The van der Waals surface area contributed by atoms with Crippen molar-refractivity contribution in [2.45, 2.75) is 37.9 Å². The summed E-state index contributed by atoms with van der Waals surface area (Å²) in [5.74, 6) is 1.02. The molecule has 0 aliphatic carbocycles. The number of hydrogen-bond acceptors (Lipinski definition) is 4. The van der Waals surface area contributed by atoms with Crippen LogP contribution in [0.5, 0.6) is 0 Å². The zero-order valence-electron chi connectivity index (χ0n) is 14.1. The quantitative estimate of drug-likeness (QED) is 0.605. The molecule has 22 heavy (non-hydrogen) atoms. The molecule has 6 nitrogen and oxygen atoms in total. The lowest BCUT2D eigenvalue weighted by molar-refractivity contribution is 0.231. The first-order valence-electron chi connectivity index (χ1n) is 8.26. The van der Waals surface area contributed by atoms with Gasteiger partial charge < -0.3 is 15.1 Å². The van der Waals surface area contributed by atoms with E-state index in [0.717, 1.165) is 19.0 Å². The number of hydrogen-bond donors (Lipinski definition) is 1. The van der Waals surface area contributed by atoms with Gasteiger partial charge in [0.2, 0.25) is 0 Å². The van der Waals surface area contributed by atoms with Crippen molar-refractivity contribution in [2.75, 3.05) is 52.1 Å². The molecule has 2 rings (SSSR count). The van der Waals surface area contributed by atoms with Crippen molar-refractivity contribution in [3.8, 4) is 0 Å².